The molecule has 14 heteroatoms. The zero-order valence-electron chi connectivity index (χ0n) is 30.1. The van der Waals surface area contributed by atoms with Crippen LogP contribution in [0.15, 0.2) is 85.1 Å². The topological polar surface area (TPSA) is 117 Å². The Kier molecular flexibility index (Phi) is 7.81. The Labute approximate surface area is 303 Å². The van der Waals surface area contributed by atoms with E-state index < -0.39 is 0 Å². The fourth-order valence-electron chi connectivity index (χ4n) is 8.54. The number of allylic oxidation sites excluding steroid dienone is 4. The number of para-hydroxylation sites is 1. The number of hydrogen-bond acceptors (Lipinski definition) is 11. The molecule has 0 spiro atoms. The highest BCUT2D eigenvalue weighted by Crippen LogP contribution is 2.47. The lowest BCUT2D eigenvalue weighted by molar-refractivity contribution is -0.722. The Hall–Kier alpha value is -5.92. The van der Waals surface area contributed by atoms with Crippen LogP contribution in [0.1, 0.15) is 43.1 Å². The van der Waals surface area contributed by atoms with Gasteiger partial charge in [-0.15, -0.1) is 14.5 Å². The van der Waals surface area contributed by atoms with E-state index in [4.69, 9.17) is 36.8 Å². The number of benzene rings is 1. The number of fused-ring (bicyclic) bond motifs is 8. The molecule has 0 fully saturated rings. The second kappa shape index (κ2) is 12.7. The maximum absolute atomic E-state index is 5.01. The summed E-state index contributed by atoms with van der Waals surface area (Å²) in [5, 5.41) is 14.2. The van der Waals surface area contributed by atoms with E-state index in [1.165, 1.54) is 5.56 Å². The van der Waals surface area contributed by atoms with E-state index >= 15 is 0 Å². The van der Waals surface area contributed by atoms with Crippen molar-refractivity contribution in [1.82, 2.24) is 44.8 Å². The summed E-state index contributed by atoms with van der Waals surface area (Å²) < 4.78 is 5.79. The molecule has 5 aromatic rings. The summed E-state index contributed by atoms with van der Waals surface area (Å²) in [7, 11) is 5.96. The van der Waals surface area contributed by atoms with Crippen molar-refractivity contribution in [2.45, 2.75) is 57.8 Å². The number of hydrogen-bond donors (Lipinski definition) is 0. The van der Waals surface area contributed by atoms with Gasteiger partial charge in [-0.3, -0.25) is 4.68 Å². The van der Waals surface area contributed by atoms with Crippen molar-refractivity contribution in [3.63, 3.8) is 0 Å². The van der Waals surface area contributed by atoms with E-state index in [0.29, 0.717) is 12.8 Å². The van der Waals surface area contributed by atoms with Gasteiger partial charge in [-0.1, -0.05) is 42.1 Å². The van der Waals surface area contributed by atoms with Gasteiger partial charge in [-0.25, -0.2) is 19.9 Å². The average molecular weight is 696 g/mol. The van der Waals surface area contributed by atoms with Gasteiger partial charge in [0.15, 0.2) is 34.7 Å². The summed E-state index contributed by atoms with van der Waals surface area (Å²) in [4.78, 5) is 29.7. The van der Waals surface area contributed by atoms with Gasteiger partial charge in [0.1, 0.15) is 26.4 Å². The molecule has 4 aromatic heterocycles. The SMILES string of the molecule is C=C1Cc2c(nnn2C)-c2c(n(C)n[n+]2C)CCC2N3CCCCN4c5nccnc5N(/C1=C/C=C\C)C4Cc1ccccc1N2c1nccnc13. The van der Waals surface area contributed by atoms with E-state index in [1.54, 1.807) is 12.4 Å². The first-order chi connectivity index (χ1) is 25.4. The first-order valence-corrected chi connectivity index (χ1v) is 18.1. The van der Waals surface area contributed by atoms with Gasteiger partial charge in [0.05, 0.1) is 10.9 Å². The van der Waals surface area contributed by atoms with E-state index in [-0.39, 0.29) is 12.3 Å². The number of anilines is 5. The van der Waals surface area contributed by atoms with Gasteiger partial charge < -0.3 is 19.6 Å². The van der Waals surface area contributed by atoms with Crippen molar-refractivity contribution in [2.75, 3.05) is 32.7 Å². The minimum Gasteiger partial charge on any atom is -0.333 e. The minimum absolute atomic E-state index is 0.0125. The van der Waals surface area contributed by atoms with Crippen LogP contribution < -0.4 is 24.3 Å². The van der Waals surface area contributed by atoms with Crippen LogP contribution in [0.2, 0.25) is 0 Å². The lowest BCUT2D eigenvalue weighted by atomic mass is 9.99. The normalized spacial score (nSPS) is 20.7. The van der Waals surface area contributed by atoms with Gasteiger partial charge in [0, 0.05) is 75.6 Å². The average Bonchev–Trinajstić information content (AvgIpc) is 3.84. The van der Waals surface area contributed by atoms with E-state index in [9.17, 15) is 0 Å². The second-order valence-corrected chi connectivity index (χ2v) is 13.9. The Morgan fingerprint density at radius 3 is 2.23 bits per heavy atom. The molecular formula is C38H43N14+. The van der Waals surface area contributed by atoms with Crippen LogP contribution in [0.5, 0.6) is 0 Å². The molecule has 2 atom stereocenters. The van der Waals surface area contributed by atoms with Gasteiger partial charge in [0.25, 0.3) is 0 Å². The maximum atomic E-state index is 5.01. The third kappa shape index (κ3) is 4.99. The zero-order valence-corrected chi connectivity index (χ0v) is 30.1. The monoisotopic (exact) mass is 695 g/mol. The molecule has 0 aliphatic carbocycles. The number of nitrogens with zero attached hydrogens (tertiary/aromatic N) is 14. The van der Waals surface area contributed by atoms with Crippen molar-refractivity contribution in [3.05, 3.63) is 102 Å². The maximum Gasteiger partial charge on any atom is 0.222 e. The molecule has 52 heavy (non-hydrogen) atoms. The van der Waals surface area contributed by atoms with Crippen molar-refractivity contribution < 1.29 is 4.68 Å². The van der Waals surface area contributed by atoms with Crippen LogP contribution in [-0.4, -0.2) is 70.2 Å². The molecule has 1 aromatic carbocycles. The smallest absolute Gasteiger partial charge is 0.222 e. The molecule has 9 rings (SSSR count). The molecule has 0 N–H and O–H groups in total. The summed E-state index contributed by atoms with van der Waals surface area (Å²) >= 11 is 0. The van der Waals surface area contributed by atoms with E-state index in [1.807, 2.05) is 54.5 Å². The Bertz CT molecular complexity index is 2250. The van der Waals surface area contributed by atoms with E-state index in [0.717, 1.165) is 102 Å². The highest BCUT2D eigenvalue weighted by atomic mass is 15.5. The lowest BCUT2D eigenvalue weighted by Gasteiger charge is -2.37. The standard InChI is InChI=1S/C38H43N14/c1-6-7-13-27-25(2)23-30-33(43-44-46(30)3)34-29(47(4)45-48(34)5)15-16-31-49-21-10-11-22-50-32(51(27)37-36(50)40-18-19-41-37)24-26-12-8-9-14-28(26)52(31)38-35(49)39-17-20-42-38/h6-9,12-14,17-20,31-32H,2,10-11,15-16,21-24H2,1,3-5H3/q+1/b7-6-,27-13+. The van der Waals surface area contributed by atoms with Crippen molar-refractivity contribution in [2.24, 2.45) is 21.1 Å². The van der Waals surface area contributed by atoms with Crippen LogP contribution in [0.4, 0.5) is 29.0 Å². The lowest BCUT2D eigenvalue weighted by Crippen LogP contribution is -2.47. The Balaban J connectivity index is 1.32. The third-order valence-corrected chi connectivity index (χ3v) is 10.8. The molecule has 264 valence electrons. The molecule has 0 saturated heterocycles. The van der Waals surface area contributed by atoms with Gasteiger partial charge in [-0.2, -0.15) is 0 Å². The summed E-state index contributed by atoms with van der Waals surface area (Å²) in [6, 6.07) is 8.78. The molecule has 2 unspecified atom stereocenters. The molecule has 4 bridgehead atoms. The summed E-state index contributed by atoms with van der Waals surface area (Å²) in [5.41, 5.74) is 8.09. The number of aromatic nitrogens is 10. The summed E-state index contributed by atoms with van der Waals surface area (Å²) in [6.07, 6.45) is 18.2. The summed E-state index contributed by atoms with van der Waals surface area (Å²) in [6.45, 7) is 8.47. The highest BCUT2D eigenvalue weighted by Gasteiger charge is 2.44. The quantitative estimate of drug-likeness (QED) is 0.236. The Morgan fingerprint density at radius 1 is 0.827 bits per heavy atom. The highest BCUT2D eigenvalue weighted by molar-refractivity contribution is 5.80. The van der Waals surface area contributed by atoms with Gasteiger partial charge in [0.2, 0.25) is 5.69 Å². The fraction of sp³-hybridized carbons (Fsp3) is 0.368. The van der Waals surface area contributed by atoms with Crippen LogP contribution in [0, 0.1) is 0 Å². The minimum atomic E-state index is -0.107. The van der Waals surface area contributed by atoms with Crippen LogP contribution in [0.3, 0.4) is 0 Å². The van der Waals surface area contributed by atoms with Crippen molar-refractivity contribution in [1.29, 1.82) is 0 Å². The largest absolute Gasteiger partial charge is 0.333 e. The predicted octanol–water partition coefficient (Wildman–Crippen LogP) is 4.10. The molecule has 14 nitrogen and oxygen atoms in total. The second-order valence-electron chi connectivity index (χ2n) is 13.9. The number of rotatable bonds is 1. The predicted molar refractivity (Wildman–Crippen MR) is 199 cm³/mol. The van der Waals surface area contributed by atoms with Crippen molar-refractivity contribution in [3.8, 4) is 11.4 Å². The first kappa shape index (κ1) is 32.0. The van der Waals surface area contributed by atoms with Crippen molar-refractivity contribution >= 4 is 29.0 Å². The van der Waals surface area contributed by atoms with Gasteiger partial charge >= 0.3 is 0 Å². The summed E-state index contributed by atoms with van der Waals surface area (Å²) in [5.74, 6) is 3.54. The van der Waals surface area contributed by atoms with Crippen LogP contribution in [-0.2, 0) is 40.4 Å². The molecular weight excluding hydrogens is 653 g/mol. The van der Waals surface area contributed by atoms with E-state index in [2.05, 4.69) is 67.3 Å². The zero-order chi connectivity index (χ0) is 35.5. The molecule has 0 saturated carbocycles. The fourth-order valence-corrected chi connectivity index (χ4v) is 8.54. The third-order valence-electron chi connectivity index (χ3n) is 10.8. The Morgan fingerprint density at radius 2 is 1.50 bits per heavy atom. The molecule has 0 amide bonds. The van der Waals surface area contributed by atoms with Crippen LogP contribution in [0.25, 0.3) is 11.4 Å². The van der Waals surface area contributed by atoms with Gasteiger partial charge in [-0.05, 0) is 49.5 Å². The molecule has 4 aliphatic heterocycles. The molecule has 0 radical (unpaired) electrons. The molecule has 8 heterocycles. The van der Waals surface area contributed by atoms with Crippen LogP contribution >= 0.6 is 0 Å². The number of aryl methyl sites for hydroxylation is 3. The first-order valence-electron chi connectivity index (χ1n) is 18.1. The molecule has 4 aliphatic rings.